The summed E-state index contributed by atoms with van der Waals surface area (Å²) >= 11 is 0. The van der Waals surface area contributed by atoms with Gasteiger partial charge in [0.05, 0.1) is 0 Å². The Balaban J connectivity index is 0.00000121. The van der Waals surface area contributed by atoms with Gasteiger partial charge in [-0.3, -0.25) is 0 Å². The van der Waals surface area contributed by atoms with Crippen LogP contribution in [0.5, 0.6) is 0 Å². The van der Waals surface area contributed by atoms with Crippen LogP contribution in [0.4, 0.5) is 0 Å². The zero-order chi connectivity index (χ0) is 7.94. The lowest BCUT2D eigenvalue weighted by atomic mass is 9.99. The van der Waals surface area contributed by atoms with E-state index in [4.69, 9.17) is 5.73 Å². The van der Waals surface area contributed by atoms with Crippen LogP contribution in [0.1, 0.15) is 32.1 Å². The molecule has 0 amide bonds. The number of hydrazone groups is 2. The Morgan fingerprint density at radius 2 is 1.92 bits per heavy atom. The van der Waals surface area contributed by atoms with Gasteiger partial charge in [0.15, 0.2) is 0 Å². The standard InChI is InChI=1S/C7H14N4.ClH/c8-6-9-11-10-7-4-2-1-3-5-7;/h6,11H,1-5H2,(H2,8,9);1H. The molecule has 0 saturated heterocycles. The maximum atomic E-state index is 5.02. The van der Waals surface area contributed by atoms with Gasteiger partial charge in [0.2, 0.25) is 0 Å². The van der Waals surface area contributed by atoms with Crippen LogP contribution in [0.2, 0.25) is 0 Å². The van der Waals surface area contributed by atoms with Crippen LogP contribution in [0.15, 0.2) is 10.2 Å². The van der Waals surface area contributed by atoms with Crippen molar-refractivity contribution in [1.82, 2.24) is 5.53 Å². The number of nitrogens with one attached hydrogen (secondary N) is 1. The number of hydrogen-bond donors (Lipinski definition) is 2. The monoisotopic (exact) mass is 190 g/mol. The zero-order valence-electron chi connectivity index (χ0n) is 6.99. The van der Waals surface area contributed by atoms with Crippen molar-refractivity contribution >= 4 is 24.5 Å². The topological polar surface area (TPSA) is 62.8 Å². The van der Waals surface area contributed by atoms with Crippen LogP contribution in [0.25, 0.3) is 0 Å². The molecule has 0 aromatic carbocycles. The van der Waals surface area contributed by atoms with Crippen LogP contribution in [-0.4, -0.2) is 12.1 Å². The van der Waals surface area contributed by atoms with E-state index in [1.807, 2.05) is 0 Å². The lowest BCUT2D eigenvalue weighted by Crippen LogP contribution is -2.09. The molecule has 4 nitrogen and oxygen atoms in total. The molecule has 5 heteroatoms. The predicted molar refractivity (Wildman–Crippen MR) is 53.6 cm³/mol. The van der Waals surface area contributed by atoms with Crippen molar-refractivity contribution in [2.45, 2.75) is 32.1 Å². The van der Waals surface area contributed by atoms with Crippen LogP contribution in [0.3, 0.4) is 0 Å². The summed E-state index contributed by atoms with van der Waals surface area (Å²) in [5, 5.41) is 7.64. The van der Waals surface area contributed by atoms with E-state index < -0.39 is 0 Å². The van der Waals surface area contributed by atoms with Gasteiger partial charge in [-0.15, -0.1) is 17.5 Å². The Hall–Kier alpha value is -0.770. The molecule has 1 rings (SSSR count). The number of halogens is 1. The molecule has 70 valence electrons. The molecule has 0 bridgehead atoms. The van der Waals surface area contributed by atoms with E-state index >= 15 is 0 Å². The van der Waals surface area contributed by atoms with E-state index in [1.165, 1.54) is 31.3 Å². The fourth-order valence-corrected chi connectivity index (χ4v) is 1.20. The summed E-state index contributed by atoms with van der Waals surface area (Å²) in [6.07, 6.45) is 7.26. The highest BCUT2D eigenvalue weighted by atomic mass is 35.5. The van der Waals surface area contributed by atoms with E-state index in [-0.39, 0.29) is 12.4 Å². The van der Waals surface area contributed by atoms with Crippen molar-refractivity contribution in [1.29, 1.82) is 0 Å². The first-order valence-corrected chi connectivity index (χ1v) is 3.97. The molecule has 0 spiro atoms. The van der Waals surface area contributed by atoms with Gasteiger partial charge in [-0.1, -0.05) is 6.42 Å². The molecule has 0 aliphatic heterocycles. The van der Waals surface area contributed by atoms with E-state index in [1.54, 1.807) is 0 Å². The molecule has 0 aromatic heterocycles. The van der Waals surface area contributed by atoms with Crippen molar-refractivity contribution in [3.63, 3.8) is 0 Å². The van der Waals surface area contributed by atoms with E-state index in [0.717, 1.165) is 12.8 Å². The molecule has 0 unspecified atom stereocenters. The molecule has 1 fully saturated rings. The molecule has 1 aliphatic carbocycles. The third-order valence-corrected chi connectivity index (χ3v) is 1.77. The van der Waals surface area contributed by atoms with Crippen LogP contribution >= 0.6 is 12.4 Å². The van der Waals surface area contributed by atoms with Crippen LogP contribution in [-0.2, 0) is 0 Å². The SMILES string of the molecule is Cl.N/C=N\NN=C1CCCCC1. The fraction of sp³-hybridized carbons (Fsp3) is 0.714. The summed E-state index contributed by atoms with van der Waals surface area (Å²) in [7, 11) is 0. The minimum Gasteiger partial charge on any atom is -0.388 e. The Labute approximate surface area is 78.7 Å². The lowest BCUT2D eigenvalue weighted by molar-refractivity contribution is 0.653. The van der Waals surface area contributed by atoms with Gasteiger partial charge in [0.1, 0.15) is 6.34 Å². The lowest BCUT2D eigenvalue weighted by Gasteiger charge is -2.10. The van der Waals surface area contributed by atoms with E-state index in [9.17, 15) is 0 Å². The second-order valence-corrected chi connectivity index (χ2v) is 2.62. The number of rotatable bonds is 2. The number of nitrogens with two attached hydrogens (primary N) is 1. The number of hydrogen-bond acceptors (Lipinski definition) is 3. The summed E-state index contributed by atoms with van der Waals surface area (Å²) in [5.41, 5.74) is 8.77. The summed E-state index contributed by atoms with van der Waals surface area (Å²) < 4.78 is 0. The summed E-state index contributed by atoms with van der Waals surface area (Å²) in [5.74, 6) is 0. The predicted octanol–water partition coefficient (Wildman–Crippen LogP) is 1.22. The maximum absolute atomic E-state index is 5.02. The van der Waals surface area contributed by atoms with Gasteiger partial charge in [-0.2, -0.15) is 10.6 Å². The Morgan fingerprint density at radius 3 is 2.50 bits per heavy atom. The fourth-order valence-electron chi connectivity index (χ4n) is 1.20. The molecular formula is C7H15ClN4. The van der Waals surface area contributed by atoms with Crippen molar-refractivity contribution in [2.75, 3.05) is 0 Å². The quantitative estimate of drug-likeness (QED) is 0.391. The largest absolute Gasteiger partial charge is 0.388 e. The first-order valence-electron chi connectivity index (χ1n) is 3.97. The van der Waals surface area contributed by atoms with Crippen LogP contribution in [0, 0.1) is 0 Å². The second kappa shape index (κ2) is 6.91. The molecule has 0 heterocycles. The second-order valence-electron chi connectivity index (χ2n) is 2.62. The van der Waals surface area contributed by atoms with Crippen molar-refractivity contribution < 1.29 is 0 Å². The van der Waals surface area contributed by atoms with Gasteiger partial charge >= 0.3 is 0 Å². The first-order chi connectivity index (χ1) is 5.43. The van der Waals surface area contributed by atoms with E-state index in [0.29, 0.717) is 0 Å². The van der Waals surface area contributed by atoms with Crippen molar-refractivity contribution in [3.05, 3.63) is 0 Å². The molecule has 0 atom stereocenters. The van der Waals surface area contributed by atoms with E-state index in [2.05, 4.69) is 15.7 Å². The molecule has 1 aliphatic rings. The summed E-state index contributed by atoms with van der Waals surface area (Å²) in [6, 6.07) is 0. The average molecular weight is 191 g/mol. The number of nitrogens with zero attached hydrogens (tertiary/aromatic N) is 2. The highest BCUT2D eigenvalue weighted by molar-refractivity contribution is 5.85. The Morgan fingerprint density at radius 1 is 1.25 bits per heavy atom. The molecule has 0 radical (unpaired) electrons. The Bertz CT molecular complexity index is 159. The average Bonchev–Trinajstić information content (AvgIpc) is 2.07. The third-order valence-electron chi connectivity index (χ3n) is 1.77. The summed E-state index contributed by atoms with van der Waals surface area (Å²) in [6.45, 7) is 0. The zero-order valence-corrected chi connectivity index (χ0v) is 7.81. The van der Waals surface area contributed by atoms with Gasteiger partial charge in [0.25, 0.3) is 0 Å². The van der Waals surface area contributed by atoms with Gasteiger partial charge in [0, 0.05) is 5.71 Å². The molecular weight excluding hydrogens is 176 g/mol. The smallest absolute Gasteiger partial charge is 0.108 e. The van der Waals surface area contributed by atoms with Crippen molar-refractivity contribution in [2.24, 2.45) is 15.9 Å². The minimum atomic E-state index is 0. The van der Waals surface area contributed by atoms with Gasteiger partial charge in [-0.25, -0.2) is 0 Å². The molecule has 1 saturated carbocycles. The summed E-state index contributed by atoms with van der Waals surface area (Å²) in [4.78, 5) is 0. The molecule has 3 N–H and O–H groups in total. The molecule has 0 aromatic rings. The van der Waals surface area contributed by atoms with Crippen LogP contribution < -0.4 is 11.3 Å². The Kier molecular flexibility index (Phi) is 6.47. The minimum absolute atomic E-state index is 0. The molecule has 12 heavy (non-hydrogen) atoms. The highest BCUT2D eigenvalue weighted by Crippen LogP contribution is 2.13. The normalized spacial score (nSPS) is 17.2. The first kappa shape index (κ1) is 11.2. The maximum Gasteiger partial charge on any atom is 0.108 e. The van der Waals surface area contributed by atoms with Gasteiger partial charge < -0.3 is 5.73 Å². The van der Waals surface area contributed by atoms with Gasteiger partial charge in [-0.05, 0) is 25.7 Å². The third kappa shape index (κ3) is 4.18. The van der Waals surface area contributed by atoms with Crippen molar-refractivity contribution in [3.8, 4) is 0 Å². The highest BCUT2D eigenvalue weighted by Gasteiger charge is 2.05.